The third kappa shape index (κ3) is 2.48. The summed E-state index contributed by atoms with van der Waals surface area (Å²) in [7, 11) is 0. The monoisotopic (exact) mass is 269 g/mol. The Bertz CT molecular complexity index is 563. The largest absolute Gasteiger partial charge is 0.271 e. The van der Waals surface area contributed by atoms with Gasteiger partial charge in [0.2, 0.25) is 0 Å². The fourth-order valence-electron chi connectivity index (χ4n) is 1.66. The van der Waals surface area contributed by atoms with Crippen LogP contribution in [-0.4, -0.2) is 4.98 Å². The Balaban J connectivity index is 2.49. The highest BCUT2D eigenvalue weighted by Gasteiger charge is 2.21. The lowest BCUT2D eigenvalue weighted by Gasteiger charge is -2.17. The minimum atomic E-state index is -0.872. The van der Waals surface area contributed by atoms with Crippen molar-refractivity contribution in [3.8, 4) is 0 Å². The normalized spacial score (nSPS) is 12.4. The first kappa shape index (κ1) is 12.9. The summed E-state index contributed by atoms with van der Waals surface area (Å²) >= 11 is 5.66. The fraction of sp³-hybridized carbons (Fsp3) is 0.0833. The predicted octanol–water partition coefficient (Wildman–Crippen LogP) is 2.57. The average Bonchev–Trinajstić information content (AvgIpc) is 2.34. The number of hydrogen-bond acceptors (Lipinski definition) is 3. The topological polar surface area (TPSA) is 50.9 Å². The molecule has 0 saturated heterocycles. The number of rotatable bonds is 3. The molecule has 2 rings (SSSR count). The van der Waals surface area contributed by atoms with Gasteiger partial charge in [-0.05, 0) is 24.3 Å². The molecule has 0 bridgehead atoms. The molecule has 0 spiro atoms. The van der Waals surface area contributed by atoms with Crippen LogP contribution >= 0.6 is 11.6 Å². The van der Waals surface area contributed by atoms with Gasteiger partial charge in [0.15, 0.2) is 0 Å². The van der Waals surface area contributed by atoms with Gasteiger partial charge in [0.25, 0.3) is 0 Å². The van der Waals surface area contributed by atoms with Gasteiger partial charge in [-0.2, -0.15) is 0 Å². The molecule has 0 aliphatic carbocycles. The van der Waals surface area contributed by atoms with E-state index in [2.05, 4.69) is 10.4 Å². The molecule has 1 aromatic heterocycles. The lowest BCUT2D eigenvalue weighted by atomic mass is 10.0. The van der Waals surface area contributed by atoms with Crippen molar-refractivity contribution in [3.05, 3.63) is 64.4 Å². The van der Waals surface area contributed by atoms with Gasteiger partial charge in [0, 0.05) is 16.8 Å². The zero-order valence-corrected chi connectivity index (χ0v) is 9.96. The third-order valence-electron chi connectivity index (χ3n) is 2.50. The summed E-state index contributed by atoms with van der Waals surface area (Å²) in [6, 6.07) is 5.90. The molecule has 1 unspecified atom stereocenters. The number of hydrogen-bond donors (Lipinski definition) is 2. The van der Waals surface area contributed by atoms with E-state index in [1.807, 2.05) is 0 Å². The minimum Gasteiger partial charge on any atom is -0.271 e. The Hall–Kier alpha value is -1.56. The van der Waals surface area contributed by atoms with E-state index in [4.69, 9.17) is 17.4 Å². The maximum Gasteiger partial charge on any atom is 0.146 e. The maximum atomic E-state index is 13.8. The standard InChI is InChI=1S/C12H10ClF2N3/c13-7-3-4-8(10(15)6-7)11(18-16)12-9(14)2-1-5-17-12/h1-6,11,18H,16H2. The van der Waals surface area contributed by atoms with Crippen LogP contribution in [0, 0.1) is 11.6 Å². The number of aromatic nitrogens is 1. The Labute approximate surface area is 108 Å². The van der Waals surface area contributed by atoms with Crippen LogP contribution in [0.5, 0.6) is 0 Å². The van der Waals surface area contributed by atoms with E-state index in [1.54, 1.807) is 0 Å². The van der Waals surface area contributed by atoms with Gasteiger partial charge in [-0.25, -0.2) is 14.2 Å². The quantitative estimate of drug-likeness (QED) is 0.665. The number of halogens is 3. The molecule has 0 saturated carbocycles. The summed E-state index contributed by atoms with van der Waals surface area (Å²) in [5, 5.41) is 0.258. The molecule has 3 nitrogen and oxygen atoms in total. The van der Waals surface area contributed by atoms with Crippen molar-refractivity contribution >= 4 is 11.6 Å². The number of nitrogens with two attached hydrogens (primary N) is 1. The zero-order valence-electron chi connectivity index (χ0n) is 9.20. The molecule has 0 aliphatic heterocycles. The molecule has 2 aromatic rings. The second-order valence-electron chi connectivity index (χ2n) is 3.64. The zero-order chi connectivity index (χ0) is 13.1. The molecule has 0 amide bonds. The molecular weight excluding hydrogens is 260 g/mol. The van der Waals surface area contributed by atoms with E-state index in [1.165, 1.54) is 30.5 Å². The summed E-state index contributed by atoms with van der Waals surface area (Å²) in [4.78, 5) is 3.87. The van der Waals surface area contributed by atoms with E-state index in [0.717, 1.165) is 6.07 Å². The SMILES string of the molecule is NNC(c1ccc(Cl)cc1F)c1ncccc1F. The Morgan fingerprint density at radius 1 is 1.22 bits per heavy atom. The molecule has 1 aromatic carbocycles. The van der Waals surface area contributed by atoms with Crippen LogP contribution in [0.2, 0.25) is 5.02 Å². The lowest BCUT2D eigenvalue weighted by molar-refractivity contribution is 0.518. The van der Waals surface area contributed by atoms with Crippen molar-refractivity contribution in [2.45, 2.75) is 6.04 Å². The summed E-state index contributed by atoms with van der Waals surface area (Å²) in [5.41, 5.74) is 2.56. The smallest absolute Gasteiger partial charge is 0.146 e. The van der Waals surface area contributed by atoms with Crippen LogP contribution in [0.15, 0.2) is 36.5 Å². The first-order valence-corrected chi connectivity index (χ1v) is 5.52. The number of benzene rings is 1. The molecule has 3 N–H and O–H groups in total. The summed E-state index contributed by atoms with van der Waals surface area (Å²) < 4.78 is 27.4. The van der Waals surface area contributed by atoms with Gasteiger partial charge < -0.3 is 0 Å². The van der Waals surface area contributed by atoms with Crippen molar-refractivity contribution in [1.82, 2.24) is 10.4 Å². The molecule has 1 atom stereocenters. The van der Waals surface area contributed by atoms with Crippen molar-refractivity contribution in [2.75, 3.05) is 0 Å². The van der Waals surface area contributed by atoms with Crippen LogP contribution in [0.3, 0.4) is 0 Å². The number of hydrazine groups is 1. The van der Waals surface area contributed by atoms with Gasteiger partial charge >= 0.3 is 0 Å². The van der Waals surface area contributed by atoms with Gasteiger partial charge in [0.05, 0.1) is 11.7 Å². The summed E-state index contributed by atoms with van der Waals surface area (Å²) in [6.07, 6.45) is 1.41. The summed E-state index contributed by atoms with van der Waals surface area (Å²) in [6.45, 7) is 0. The predicted molar refractivity (Wildman–Crippen MR) is 64.8 cm³/mol. The molecule has 1 heterocycles. The van der Waals surface area contributed by atoms with Gasteiger partial charge in [-0.1, -0.05) is 17.7 Å². The molecular formula is C12H10ClF2N3. The Kier molecular flexibility index (Phi) is 3.86. The first-order chi connectivity index (χ1) is 8.63. The van der Waals surface area contributed by atoms with Gasteiger partial charge in [-0.3, -0.25) is 10.8 Å². The van der Waals surface area contributed by atoms with E-state index >= 15 is 0 Å². The first-order valence-electron chi connectivity index (χ1n) is 5.15. The third-order valence-corrected chi connectivity index (χ3v) is 2.74. The van der Waals surface area contributed by atoms with Crippen LogP contribution in [0.25, 0.3) is 0 Å². The van der Waals surface area contributed by atoms with Crippen molar-refractivity contribution in [2.24, 2.45) is 5.84 Å². The molecule has 0 fully saturated rings. The highest BCUT2D eigenvalue weighted by Crippen LogP contribution is 2.25. The Morgan fingerprint density at radius 3 is 2.61 bits per heavy atom. The number of nitrogens with zero attached hydrogens (tertiary/aromatic N) is 1. The minimum absolute atomic E-state index is 0.0289. The van der Waals surface area contributed by atoms with Gasteiger partial charge in [0.1, 0.15) is 11.6 Å². The second-order valence-corrected chi connectivity index (χ2v) is 4.07. The van der Waals surface area contributed by atoms with Crippen LogP contribution in [0.1, 0.15) is 17.3 Å². The molecule has 0 aliphatic rings. The van der Waals surface area contributed by atoms with Crippen LogP contribution in [0.4, 0.5) is 8.78 Å². The molecule has 18 heavy (non-hydrogen) atoms. The van der Waals surface area contributed by atoms with Crippen molar-refractivity contribution < 1.29 is 8.78 Å². The fourth-order valence-corrected chi connectivity index (χ4v) is 1.82. The highest BCUT2D eigenvalue weighted by atomic mass is 35.5. The van der Waals surface area contributed by atoms with E-state index in [9.17, 15) is 8.78 Å². The molecule has 94 valence electrons. The number of pyridine rings is 1. The van der Waals surface area contributed by atoms with Gasteiger partial charge in [-0.15, -0.1) is 0 Å². The molecule has 6 heteroatoms. The number of nitrogens with one attached hydrogen (secondary N) is 1. The Morgan fingerprint density at radius 2 is 2.00 bits per heavy atom. The molecule has 0 radical (unpaired) electrons. The highest BCUT2D eigenvalue weighted by molar-refractivity contribution is 6.30. The maximum absolute atomic E-state index is 13.8. The van der Waals surface area contributed by atoms with Crippen molar-refractivity contribution in [1.29, 1.82) is 0 Å². The van der Waals surface area contributed by atoms with Crippen molar-refractivity contribution in [3.63, 3.8) is 0 Å². The van der Waals surface area contributed by atoms with E-state index < -0.39 is 17.7 Å². The van der Waals surface area contributed by atoms with E-state index in [-0.39, 0.29) is 16.3 Å². The van der Waals surface area contributed by atoms with E-state index in [0.29, 0.717) is 0 Å². The average molecular weight is 270 g/mol. The summed E-state index contributed by atoms with van der Waals surface area (Å²) in [5.74, 6) is 4.22. The lowest BCUT2D eigenvalue weighted by Crippen LogP contribution is -2.31. The van der Waals surface area contributed by atoms with Crippen LogP contribution < -0.4 is 11.3 Å². The van der Waals surface area contributed by atoms with Crippen LogP contribution in [-0.2, 0) is 0 Å². The second kappa shape index (κ2) is 5.39.